The van der Waals surface area contributed by atoms with Crippen LogP contribution in [-0.2, 0) is 11.3 Å². The van der Waals surface area contributed by atoms with Crippen LogP contribution in [-0.4, -0.2) is 36.4 Å². The number of carbonyl (C=O) groups excluding carboxylic acids is 1. The lowest BCUT2D eigenvalue weighted by Crippen LogP contribution is -2.28. The normalized spacial score (nSPS) is 16.3. The Balaban J connectivity index is 1.62. The van der Waals surface area contributed by atoms with Crippen molar-refractivity contribution in [1.82, 2.24) is 4.90 Å². The molecule has 2 heterocycles. The highest BCUT2D eigenvalue weighted by Crippen LogP contribution is 2.35. The molecule has 9 heteroatoms. The maximum atomic E-state index is 13.2. The number of thioether (sulfide) groups is 1. The van der Waals surface area contributed by atoms with E-state index >= 15 is 0 Å². The summed E-state index contributed by atoms with van der Waals surface area (Å²) in [6, 6.07) is 16.8. The third-order valence-electron chi connectivity index (χ3n) is 4.71. The summed E-state index contributed by atoms with van der Waals surface area (Å²) < 4.78 is 17.1. The highest BCUT2D eigenvalue weighted by Gasteiger charge is 2.34. The fourth-order valence-corrected chi connectivity index (χ4v) is 4.27. The van der Waals surface area contributed by atoms with Crippen molar-refractivity contribution < 1.29 is 18.7 Å². The largest absolute Gasteiger partial charge is 0.493 e. The molecule has 1 aliphatic heterocycles. The van der Waals surface area contributed by atoms with Crippen molar-refractivity contribution in [3.05, 3.63) is 87.1 Å². The van der Waals surface area contributed by atoms with Gasteiger partial charge >= 0.3 is 0 Å². The summed E-state index contributed by atoms with van der Waals surface area (Å²) in [5.74, 6) is 1.68. The summed E-state index contributed by atoms with van der Waals surface area (Å²) in [5.41, 5.74) is 1.71. The van der Waals surface area contributed by atoms with Crippen LogP contribution in [0.1, 0.15) is 16.9 Å². The molecular formula is C24H20BrN3O4S. The standard InChI is InChI=1S/C24H20BrN3O4S/c1-30-20-10-7-17(12-21(20)31-2)13-22-23(29)28(15-19-4-3-11-32-19)24(33-22)27-26-14-16-5-8-18(25)9-6-16/h3-14H,15H2,1-2H3/b22-13-,26-14+,27-24-. The summed E-state index contributed by atoms with van der Waals surface area (Å²) in [7, 11) is 3.15. The van der Waals surface area contributed by atoms with Gasteiger partial charge in [0, 0.05) is 4.47 Å². The van der Waals surface area contributed by atoms with E-state index in [-0.39, 0.29) is 12.5 Å². The van der Waals surface area contributed by atoms with Crippen LogP contribution in [0.4, 0.5) is 0 Å². The first-order valence-corrected chi connectivity index (χ1v) is 11.5. The molecule has 1 aliphatic rings. The molecule has 0 saturated carbocycles. The highest BCUT2D eigenvalue weighted by molar-refractivity contribution is 9.10. The maximum Gasteiger partial charge on any atom is 0.267 e. The Morgan fingerprint density at radius 3 is 2.52 bits per heavy atom. The number of benzene rings is 2. The van der Waals surface area contributed by atoms with Crippen LogP contribution in [0.2, 0.25) is 0 Å². The zero-order chi connectivity index (χ0) is 23.2. The highest BCUT2D eigenvalue weighted by atomic mass is 79.9. The first-order valence-electron chi connectivity index (χ1n) is 9.90. The van der Waals surface area contributed by atoms with Gasteiger partial charge in [-0.1, -0.05) is 34.1 Å². The van der Waals surface area contributed by atoms with Gasteiger partial charge in [-0.2, -0.15) is 5.10 Å². The number of amides is 1. The third kappa shape index (κ3) is 5.55. The lowest BCUT2D eigenvalue weighted by molar-refractivity contribution is -0.122. The van der Waals surface area contributed by atoms with Gasteiger partial charge in [-0.3, -0.25) is 9.69 Å². The minimum Gasteiger partial charge on any atom is -0.493 e. The van der Waals surface area contributed by atoms with Gasteiger partial charge in [0.2, 0.25) is 0 Å². The lowest BCUT2D eigenvalue weighted by atomic mass is 10.2. The molecule has 0 bridgehead atoms. The molecule has 4 rings (SSSR count). The number of ether oxygens (including phenoxy) is 2. The number of hydrogen-bond donors (Lipinski definition) is 0. The van der Waals surface area contributed by atoms with Gasteiger partial charge in [0.1, 0.15) is 5.76 Å². The molecule has 168 valence electrons. The first-order chi connectivity index (χ1) is 16.1. The average molecular weight is 526 g/mol. The van der Waals surface area contributed by atoms with Gasteiger partial charge in [-0.15, -0.1) is 5.10 Å². The number of hydrogen-bond acceptors (Lipinski definition) is 7. The minimum atomic E-state index is -0.177. The van der Waals surface area contributed by atoms with Gasteiger partial charge < -0.3 is 13.9 Å². The monoisotopic (exact) mass is 525 g/mol. The molecule has 3 aromatic rings. The van der Waals surface area contributed by atoms with Gasteiger partial charge in [-0.25, -0.2) is 0 Å². The van der Waals surface area contributed by atoms with Crippen molar-refractivity contribution in [3.63, 3.8) is 0 Å². The quantitative estimate of drug-likeness (QED) is 0.229. The molecular weight excluding hydrogens is 506 g/mol. The first kappa shape index (κ1) is 22.9. The summed E-state index contributed by atoms with van der Waals surface area (Å²) in [5, 5.41) is 8.99. The zero-order valence-electron chi connectivity index (χ0n) is 17.9. The molecule has 0 unspecified atom stereocenters. The van der Waals surface area contributed by atoms with E-state index in [0.717, 1.165) is 15.6 Å². The summed E-state index contributed by atoms with van der Waals surface area (Å²) in [6.45, 7) is 0.259. The van der Waals surface area contributed by atoms with Crippen LogP contribution in [0.25, 0.3) is 6.08 Å². The predicted octanol–water partition coefficient (Wildman–Crippen LogP) is 5.57. The molecule has 0 N–H and O–H groups in total. The summed E-state index contributed by atoms with van der Waals surface area (Å²) in [6.07, 6.45) is 5.02. The zero-order valence-corrected chi connectivity index (χ0v) is 20.3. The van der Waals surface area contributed by atoms with Crippen LogP contribution in [0.15, 0.2) is 84.9 Å². The second-order valence-electron chi connectivity index (χ2n) is 6.87. The van der Waals surface area contributed by atoms with Crippen molar-refractivity contribution >= 4 is 51.1 Å². The van der Waals surface area contributed by atoms with Gasteiger partial charge in [0.05, 0.1) is 38.1 Å². The van der Waals surface area contributed by atoms with Gasteiger partial charge in [0.25, 0.3) is 5.91 Å². The molecule has 1 aromatic heterocycles. The minimum absolute atomic E-state index is 0.177. The number of carbonyl (C=O) groups is 1. The van der Waals surface area contributed by atoms with Crippen LogP contribution >= 0.6 is 27.7 Å². The lowest BCUT2D eigenvalue weighted by Gasteiger charge is -2.12. The van der Waals surface area contributed by atoms with Crippen molar-refractivity contribution in [2.45, 2.75) is 6.54 Å². The van der Waals surface area contributed by atoms with E-state index in [1.54, 1.807) is 49.8 Å². The fraction of sp³-hybridized carbons (Fsp3) is 0.125. The molecule has 0 spiro atoms. The molecule has 1 saturated heterocycles. The topological polar surface area (TPSA) is 76.6 Å². The van der Waals surface area contributed by atoms with Crippen LogP contribution < -0.4 is 9.47 Å². The fourth-order valence-electron chi connectivity index (χ4n) is 3.07. The van der Waals surface area contributed by atoms with Crippen molar-refractivity contribution in [2.24, 2.45) is 10.2 Å². The van der Waals surface area contributed by atoms with Crippen molar-refractivity contribution in [1.29, 1.82) is 0 Å². The van der Waals surface area contributed by atoms with Crippen LogP contribution in [0, 0.1) is 0 Å². The Labute approximate surface area is 203 Å². The van der Waals surface area contributed by atoms with E-state index in [4.69, 9.17) is 13.9 Å². The van der Waals surface area contributed by atoms with Crippen LogP contribution in [0.5, 0.6) is 11.5 Å². The second-order valence-corrected chi connectivity index (χ2v) is 8.80. The van der Waals surface area contributed by atoms with E-state index in [0.29, 0.717) is 27.3 Å². The SMILES string of the molecule is COc1ccc(/C=C2\S/C(=N\N=C\c3ccc(Br)cc3)N(Cc3ccco3)C2=O)cc1OC. The Bertz CT molecular complexity index is 1220. The number of amidine groups is 1. The number of methoxy groups -OCH3 is 2. The van der Waals surface area contributed by atoms with E-state index in [1.165, 1.54) is 11.8 Å². The van der Waals surface area contributed by atoms with E-state index in [2.05, 4.69) is 26.1 Å². The number of furan rings is 1. The predicted molar refractivity (Wildman–Crippen MR) is 134 cm³/mol. The third-order valence-corrected chi connectivity index (χ3v) is 6.23. The Morgan fingerprint density at radius 2 is 1.82 bits per heavy atom. The summed E-state index contributed by atoms with van der Waals surface area (Å²) >= 11 is 4.67. The molecule has 1 fully saturated rings. The van der Waals surface area contributed by atoms with Crippen LogP contribution in [0.3, 0.4) is 0 Å². The second kappa shape index (κ2) is 10.5. The Hall–Kier alpha value is -3.30. The summed E-state index contributed by atoms with van der Waals surface area (Å²) in [4.78, 5) is 15.3. The average Bonchev–Trinajstić information content (AvgIpc) is 3.44. The maximum absolute atomic E-state index is 13.2. The molecule has 0 atom stereocenters. The van der Waals surface area contributed by atoms with E-state index in [9.17, 15) is 4.79 Å². The Kier molecular flexibility index (Phi) is 7.31. The molecule has 1 amide bonds. The van der Waals surface area contributed by atoms with E-state index in [1.807, 2.05) is 42.5 Å². The van der Waals surface area contributed by atoms with Gasteiger partial charge in [0.15, 0.2) is 16.7 Å². The smallest absolute Gasteiger partial charge is 0.267 e. The number of halogens is 1. The molecule has 7 nitrogen and oxygen atoms in total. The number of rotatable bonds is 7. The Morgan fingerprint density at radius 1 is 1.06 bits per heavy atom. The molecule has 33 heavy (non-hydrogen) atoms. The van der Waals surface area contributed by atoms with Crippen molar-refractivity contribution in [2.75, 3.05) is 14.2 Å². The van der Waals surface area contributed by atoms with Crippen molar-refractivity contribution in [3.8, 4) is 11.5 Å². The molecule has 2 aromatic carbocycles. The molecule has 0 radical (unpaired) electrons. The van der Waals surface area contributed by atoms with Gasteiger partial charge in [-0.05, 0) is 65.4 Å². The van der Waals surface area contributed by atoms with E-state index < -0.39 is 0 Å². The molecule has 0 aliphatic carbocycles. The number of nitrogens with zero attached hydrogens (tertiary/aromatic N) is 3.